The number of hydrogen-bond acceptors (Lipinski definition) is 3. The average molecular weight is 264 g/mol. The molecule has 4 heteroatoms. The van der Waals surface area contributed by atoms with Crippen LogP contribution in [0.25, 0.3) is 0 Å². The van der Waals surface area contributed by atoms with Crippen molar-refractivity contribution in [2.75, 3.05) is 6.61 Å². The molecular formula is C15H21FN2O. The van der Waals surface area contributed by atoms with Crippen LogP contribution in [-0.2, 0) is 6.42 Å². The van der Waals surface area contributed by atoms with Crippen LogP contribution in [-0.4, -0.2) is 12.6 Å². The summed E-state index contributed by atoms with van der Waals surface area (Å²) in [7, 11) is 0. The lowest BCUT2D eigenvalue weighted by atomic mass is 9.92. The van der Waals surface area contributed by atoms with Gasteiger partial charge in [-0.3, -0.25) is 0 Å². The van der Waals surface area contributed by atoms with Crippen molar-refractivity contribution in [1.82, 2.24) is 0 Å². The first kappa shape index (κ1) is 15.5. The monoisotopic (exact) mass is 264 g/mol. The number of nitriles is 1. The Kier molecular flexibility index (Phi) is 5.31. The van der Waals surface area contributed by atoms with E-state index < -0.39 is 5.41 Å². The van der Waals surface area contributed by atoms with Gasteiger partial charge in [0, 0.05) is 6.04 Å². The molecule has 1 aromatic carbocycles. The molecule has 0 aliphatic carbocycles. The van der Waals surface area contributed by atoms with Crippen molar-refractivity contribution in [3.05, 3.63) is 29.6 Å². The van der Waals surface area contributed by atoms with Crippen LogP contribution in [0.3, 0.4) is 0 Å². The van der Waals surface area contributed by atoms with Crippen LogP contribution in [0.2, 0.25) is 0 Å². The van der Waals surface area contributed by atoms with E-state index in [2.05, 4.69) is 6.07 Å². The summed E-state index contributed by atoms with van der Waals surface area (Å²) in [6.45, 7) is 5.85. The van der Waals surface area contributed by atoms with Gasteiger partial charge in [0.2, 0.25) is 0 Å². The first-order chi connectivity index (χ1) is 8.85. The lowest BCUT2D eigenvalue weighted by molar-refractivity contribution is 0.252. The summed E-state index contributed by atoms with van der Waals surface area (Å²) in [6.07, 6.45) is 1.12. The highest BCUT2D eigenvalue weighted by atomic mass is 19.1. The lowest BCUT2D eigenvalue weighted by Gasteiger charge is -2.17. The highest BCUT2D eigenvalue weighted by Gasteiger charge is 2.18. The van der Waals surface area contributed by atoms with Gasteiger partial charge in [-0.15, -0.1) is 0 Å². The summed E-state index contributed by atoms with van der Waals surface area (Å²) < 4.78 is 19.3. The number of ether oxygens (including phenoxy) is 1. The minimum absolute atomic E-state index is 0.0558. The normalized spacial score (nSPS) is 12.8. The van der Waals surface area contributed by atoms with E-state index in [1.807, 2.05) is 26.8 Å². The third kappa shape index (κ3) is 4.88. The van der Waals surface area contributed by atoms with Crippen LogP contribution in [0.5, 0.6) is 5.75 Å². The lowest BCUT2D eigenvalue weighted by Crippen LogP contribution is -2.19. The second kappa shape index (κ2) is 6.53. The largest absolute Gasteiger partial charge is 0.490 e. The van der Waals surface area contributed by atoms with Crippen LogP contribution in [0.15, 0.2) is 18.2 Å². The van der Waals surface area contributed by atoms with E-state index in [4.69, 9.17) is 15.7 Å². The zero-order valence-electron chi connectivity index (χ0n) is 11.7. The van der Waals surface area contributed by atoms with Gasteiger partial charge in [0.1, 0.15) is 0 Å². The molecule has 0 bridgehead atoms. The van der Waals surface area contributed by atoms with E-state index in [9.17, 15) is 4.39 Å². The van der Waals surface area contributed by atoms with Crippen LogP contribution >= 0.6 is 0 Å². The molecular weight excluding hydrogens is 243 g/mol. The summed E-state index contributed by atoms with van der Waals surface area (Å²) >= 11 is 0. The predicted molar refractivity (Wildman–Crippen MR) is 73.3 cm³/mol. The molecule has 19 heavy (non-hydrogen) atoms. The maximum atomic E-state index is 13.8. The maximum Gasteiger partial charge on any atom is 0.165 e. The zero-order chi connectivity index (χ0) is 14.5. The van der Waals surface area contributed by atoms with Crippen LogP contribution in [0, 0.1) is 22.6 Å². The number of hydrogen-bond donors (Lipinski definition) is 1. The van der Waals surface area contributed by atoms with Gasteiger partial charge in [-0.2, -0.15) is 5.26 Å². The standard InChI is InChI=1S/C15H21FN2O/c1-11(18)9-12-5-4-6-13(16)14(12)19-8-7-15(2,3)10-17/h4-6,11H,7-9,18H2,1-3H3. The Balaban J connectivity index is 2.75. The predicted octanol–water partition coefficient (Wildman–Crippen LogP) is 3.03. The molecule has 3 nitrogen and oxygen atoms in total. The molecule has 0 saturated carbocycles. The second-order valence-corrected chi connectivity index (χ2v) is 5.50. The van der Waals surface area contributed by atoms with Crippen molar-refractivity contribution in [1.29, 1.82) is 5.26 Å². The molecule has 104 valence electrons. The number of benzene rings is 1. The van der Waals surface area contributed by atoms with Crippen LogP contribution < -0.4 is 10.5 Å². The second-order valence-electron chi connectivity index (χ2n) is 5.50. The van der Waals surface area contributed by atoms with Crippen molar-refractivity contribution in [3.63, 3.8) is 0 Å². The molecule has 1 atom stereocenters. The summed E-state index contributed by atoms with van der Waals surface area (Å²) in [5, 5.41) is 8.92. The van der Waals surface area contributed by atoms with Crippen molar-refractivity contribution in [2.45, 2.75) is 39.7 Å². The molecule has 1 aromatic rings. The molecule has 1 rings (SSSR count). The molecule has 0 spiro atoms. The Morgan fingerprint density at radius 2 is 2.16 bits per heavy atom. The molecule has 0 aliphatic rings. The number of rotatable bonds is 6. The van der Waals surface area contributed by atoms with E-state index in [1.165, 1.54) is 6.07 Å². The van der Waals surface area contributed by atoms with E-state index in [0.717, 1.165) is 5.56 Å². The average Bonchev–Trinajstić information content (AvgIpc) is 2.32. The van der Waals surface area contributed by atoms with Crippen LogP contribution in [0.4, 0.5) is 4.39 Å². The van der Waals surface area contributed by atoms with Gasteiger partial charge in [-0.1, -0.05) is 12.1 Å². The highest BCUT2D eigenvalue weighted by Crippen LogP contribution is 2.25. The molecule has 0 heterocycles. The van der Waals surface area contributed by atoms with Gasteiger partial charge in [-0.25, -0.2) is 4.39 Å². The molecule has 0 saturated heterocycles. The fraction of sp³-hybridized carbons (Fsp3) is 0.533. The van der Waals surface area contributed by atoms with Crippen molar-refractivity contribution < 1.29 is 9.13 Å². The first-order valence-corrected chi connectivity index (χ1v) is 6.43. The Morgan fingerprint density at radius 3 is 2.74 bits per heavy atom. The molecule has 1 unspecified atom stereocenters. The van der Waals surface area contributed by atoms with E-state index in [0.29, 0.717) is 19.4 Å². The third-order valence-electron chi connectivity index (χ3n) is 2.87. The van der Waals surface area contributed by atoms with Gasteiger partial charge in [0.15, 0.2) is 11.6 Å². The third-order valence-corrected chi connectivity index (χ3v) is 2.87. The summed E-state index contributed by atoms with van der Waals surface area (Å²) in [6, 6.07) is 6.98. The number of nitrogens with two attached hydrogens (primary N) is 1. The molecule has 0 fully saturated rings. The van der Waals surface area contributed by atoms with Gasteiger partial charge in [0.25, 0.3) is 0 Å². The number of nitrogens with zero attached hydrogens (tertiary/aromatic N) is 1. The minimum Gasteiger partial charge on any atom is -0.490 e. The quantitative estimate of drug-likeness (QED) is 0.859. The SMILES string of the molecule is CC(N)Cc1cccc(F)c1OCCC(C)(C)C#N. The minimum atomic E-state index is -0.466. The fourth-order valence-electron chi connectivity index (χ4n) is 1.69. The van der Waals surface area contributed by atoms with E-state index in [1.54, 1.807) is 6.07 Å². The zero-order valence-corrected chi connectivity index (χ0v) is 11.7. The van der Waals surface area contributed by atoms with Crippen molar-refractivity contribution >= 4 is 0 Å². The smallest absolute Gasteiger partial charge is 0.165 e. The van der Waals surface area contributed by atoms with Gasteiger partial charge in [0.05, 0.1) is 18.1 Å². The Morgan fingerprint density at radius 1 is 1.47 bits per heavy atom. The Hall–Kier alpha value is -1.60. The first-order valence-electron chi connectivity index (χ1n) is 6.43. The topological polar surface area (TPSA) is 59.0 Å². The molecule has 0 radical (unpaired) electrons. The van der Waals surface area contributed by atoms with Crippen LogP contribution in [0.1, 0.15) is 32.8 Å². The van der Waals surface area contributed by atoms with Gasteiger partial charge < -0.3 is 10.5 Å². The molecule has 0 aliphatic heterocycles. The molecule has 2 N–H and O–H groups in total. The van der Waals surface area contributed by atoms with E-state index >= 15 is 0 Å². The Bertz CT molecular complexity index is 464. The summed E-state index contributed by atoms with van der Waals surface area (Å²) in [4.78, 5) is 0. The molecule has 0 aromatic heterocycles. The highest BCUT2D eigenvalue weighted by molar-refractivity contribution is 5.35. The van der Waals surface area contributed by atoms with Gasteiger partial charge in [-0.05, 0) is 45.2 Å². The van der Waals surface area contributed by atoms with E-state index in [-0.39, 0.29) is 17.6 Å². The summed E-state index contributed by atoms with van der Waals surface area (Å²) in [5.41, 5.74) is 6.04. The molecule has 0 amide bonds. The van der Waals surface area contributed by atoms with Crippen molar-refractivity contribution in [3.8, 4) is 11.8 Å². The van der Waals surface area contributed by atoms with Gasteiger partial charge >= 0.3 is 0 Å². The Labute approximate surface area is 114 Å². The number of halogens is 1. The number of para-hydroxylation sites is 1. The van der Waals surface area contributed by atoms with Crippen molar-refractivity contribution in [2.24, 2.45) is 11.1 Å². The fourth-order valence-corrected chi connectivity index (χ4v) is 1.69. The maximum absolute atomic E-state index is 13.8. The summed E-state index contributed by atoms with van der Waals surface area (Å²) in [5.74, 6) is -0.124.